The molecule has 4 heteroatoms. The molecule has 1 heterocycles. The van der Waals surface area contributed by atoms with E-state index in [4.69, 9.17) is 9.97 Å². The summed E-state index contributed by atoms with van der Waals surface area (Å²) in [7, 11) is -2.03. The minimum absolute atomic E-state index is 0.172. The first kappa shape index (κ1) is 21.7. The molecule has 0 saturated heterocycles. The number of hydrogen-bond acceptors (Lipinski definition) is 2. The molecule has 1 aromatic carbocycles. The number of nitrogens with zero attached hydrogens (tertiary/aromatic N) is 2. The molecule has 0 amide bonds. The lowest BCUT2D eigenvalue weighted by molar-refractivity contribution is 0.698. The SMILES string of the molecule is C[P@@](c1nc2ccccc2nc1[P+](C)(C(C)(C)C)C(C)(C)C)C(C)(C)C. The van der Waals surface area contributed by atoms with E-state index >= 15 is 0 Å². The summed E-state index contributed by atoms with van der Waals surface area (Å²) in [4.78, 5) is 10.5. The largest absolute Gasteiger partial charge is 0.241 e. The summed E-state index contributed by atoms with van der Waals surface area (Å²) < 4.78 is 0. The van der Waals surface area contributed by atoms with Crippen molar-refractivity contribution in [3.8, 4) is 0 Å². The van der Waals surface area contributed by atoms with Crippen LogP contribution >= 0.6 is 15.2 Å². The summed E-state index contributed by atoms with van der Waals surface area (Å²) in [6.45, 7) is 26.2. The Morgan fingerprint density at radius 2 is 1.19 bits per heavy atom. The van der Waals surface area contributed by atoms with E-state index in [9.17, 15) is 0 Å². The molecule has 26 heavy (non-hydrogen) atoms. The van der Waals surface area contributed by atoms with Crippen LogP contribution in [-0.4, -0.2) is 38.8 Å². The quantitative estimate of drug-likeness (QED) is 0.584. The number of benzene rings is 1. The van der Waals surface area contributed by atoms with Gasteiger partial charge in [-0.1, -0.05) is 32.9 Å². The van der Waals surface area contributed by atoms with E-state index in [2.05, 4.69) is 99.9 Å². The summed E-state index contributed by atoms with van der Waals surface area (Å²) in [6.07, 6.45) is 0. The van der Waals surface area contributed by atoms with Crippen LogP contribution < -0.4 is 10.9 Å². The molecule has 2 aromatic rings. The Hall–Kier alpha value is -0.580. The zero-order chi connectivity index (χ0) is 20.1. The standard InChI is InChI=1S/C22H37N2P2/c1-20(2,3)25(10)18-19(24-17-15-13-12-14-16(17)23-18)26(11,21(4,5)6)22(7,8)9/h12-15H,1-11H3/q+1/t25-/m0/s1. The van der Waals surface area contributed by atoms with E-state index in [1.807, 2.05) is 0 Å². The summed E-state index contributed by atoms with van der Waals surface area (Å²) in [5, 5.41) is 0.554. The van der Waals surface area contributed by atoms with Crippen LogP contribution in [0.15, 0.2) is 24.3 Å². The van der Waals surface area contributed by atoms with Crippen LogP contribution in [-0.2, 0) is 0 Å². The van der Waals surface area contributed by atoms with Gasteiger partial charge < -0.3 is 0 Å². The van der Waals surface area contributed by atoms with Gasteiger partial charge in [-0.05, 0) is 73.4 Å². The molecule has 0 saturated carbocycles. The molecule has 0 bridgehead atoms. The lowest BCUT2D eigenvalue weighted by Crippen LogP contribution is -2.47. The monoisotopic (exact) mass is 391 g/mol. The molecule has 1 atom stereocenters. The average molecular weight is 392 g/mol. The van der Waals surface area contributed by atoms with Crippen molar-refractivity contribution in [2.75, 3.05) is 13.3 Å². The van der Waals surface area contributed by atoms with Gasteiger partial charge in [-0.25, -0.2) is 9.97 Å². The molecule has 0 aliphatic heterocycles. The van der Waals surface area contributed by atoms with Crippen LogP contribution in [0.4, 0.5) is 0 Å². The van der Waals surface area contributed by atoms with E-state index in [0.717, 1.165) is 11.0 Å². The van der Waals surface area contributed by atoms with Crippen molar-refractivity contribution < 1.29 is 0 Å². The second-order valence-corrected chi connectivity index (χ2v) is 18.4. The third kappa shape index (κ3) is 3.70. The molecule has 2 rings (SSSR count). The first-order valence-corrected chi connectivity index (χ1v) is 13.5. The zero-order valence-electron chi connectivity index (χ0n) is 18.6. The third-order valence-electron chi connectivity index (χ3n) is 5.97. The van der Waals surface area contributed by atoms with Gasteiger partial charge in [0.1, 0.15) is 5.44 Å². The maximum absolute atomic E-state index is 5.32. The van der Waals surface area contributed by atoms with E-state index < -0.39 is 15.2 Å². The number of para-hydroxylation sites is 2. The predicted octanol–water partition coefficient (Wildman–Crippen LogP) is 6.04. The number of aromatic nitrogens is 2. The zero-order valence-corrected chi connectivity index (χ0v) is 20.4. The predicted molar refractivity (Wildman–Crippen MR) is 124 cm³/mol. The Labute approximate surface area is 162 Å². The first-order valence-electron chi connectivity index (χ1n) is 9.48. The van der Waals surface area contributed by atoms with Crippen molar-refractivity contribution in [1.29, 1.82) is 0 Å². The molecule has 0 spiro atoms. The first-order chi connectivity index (χ1) is 11.6. The highest BCUT2D eigenvalue weighted by Gasteiger charge is 2.58. The van der Waals surface area contributed by atoms with Gasteiger partial charge in [-0.2, -0.15) is 0 Å². The van der Waals surface area contributed by atoms with Crippen LogP contribution in [0.2, 0.25) is 0 Å². The van der Waals surface area contributed by atoms with Gasteiger partial charge >= 0.3 is 0 Å². The highest BCUT2D eigenvalue weighted by molar-refractivity contribution is 7.86. The Bertz CT molecular complexity index is 778. The second-order valence-electron chi connectivity index (χ2n) is 10.4. The van der Waals surface area contributed by atoms with Crippen molar-refractivity contribution in [3.63, 3.8) is 0 Å². The van der Waals surface area contributed by atoms with Crippen molar-refractivity contribution in [3.05, 3.63) is 24.3 Å². The number of hydrogen-bond donors (Lipinski definition) is 0. The second kappa shape index (κ2) is 6.79. The summed E-state index contributed by atoms with van der Waals surface area (Å²) >= 11 is 0. The molecule has 0 unspecified atom stereocenters. The highest BCUT2D eigenvalue weighted by atomic mass is 31.2. The van der Waals surface area contributed by atoms with Crippen LogP contribution in [0, 0.1) is 0 Å². The molecule has 144 valence electrons. The number of fused-ring (bicyclic) bond motifs is 1. The molecule has 2 nitrogen and oxygen atoms in total. The maximum atomic E-state index is 5.32. The molecule has 0 radical (unpaired) electrons. The van der Waals surface area contributed by atoms with Gasteiger partial charge in [0.15, 0.2) is 0 Å². The minimum atomic E-state index is -1.61. The van der Waals surface area contributed by atoms with E-state index in [1.165, 1.54) is 10.9 Å². The van der Waals surface area contributed by atoms with Crippen LogP contribution in [0.1, 0.15) is 62.3 Å². The Morgan fingerprint density at radius 3 is 1.58 bits per heavy atom. The molecule has 0 aliphatic rings. The Balaban J connectivity index is 2.95. The molecular formula is C22H37N2P2+. The highest BCUT2D eigenvalue weighted by Crippen LogP contribution is 2.73. The van der Waals surface area contributed by atoms with Crippen molar-refractivity contribution in [2.45, 2.75) is 77.8 Å². The van der Waals surface area contributed by atoms with Gasteiger partial charge in [-0.3, -0.25) is 0 Å². The van der Waals surface area contributed by atoms with Crippen LogP contribution in [0.3, 0.4) is 0 Å². The normalized spacial score (nSPS) is 15.3. The molecule has 1 aromatic heterocycles. The number of rotatable bonds is 2. The van der Waals surface area contributed by atoms with E-state index in [0.29, 0.717) is 0 Å². The summed E-state index contributed by atoms with van der Waals surface area (Å²) in [5.74, 6) is 0. The fraction of sp³-hybridized carbons (Fsp3) is 0.636. The lowest BCUT2D eigenvalue weighted by Gasteiger charge is -2.44. The van der Waals surface area contributed by atoms with Crippen molar-refractivity contribution in [2.24, 2.45) is 0 Å². The van der Waals surface area contributed by atoms with Gasteiger partial charge in [-0.15, -0.1) is 0 Å². The van der Waals surface area contributed by atoms with Crippen molar-refractivity contribution >= 4 is 37.1 Å². The van der Waals surface area contributed by atoms with E-state index in [1.54, 1.807) is 0 Å². The molecule has 0 N–H and O–H groups in total. The molecule has 0 aliphatic carbocycles. The minimum Gasteiger partial charge on any atom is -0.241 e. The Morgan fingerprint density at radius 1 is 0.769 bits per heavy atom. The van der Waals surface area contributed by atoms with Gasteiger partial charge in [0, 0.05) is 0 Å². The van der Waals surface area contributed by atoms with Crippen LogP contribution in [0.5, 0.6) is 0 Å². The topological polar surface area (TPSA) is 25.8 Å². The van der Waals surface area contributed by atoms with Gasteiger partial charge in [0.2, 0.25) is 5.44 Å². The van der Waals surface area contributed by atoms with Crippen molar-refractivity contribution in [1.82, 2.24) is 9.97 Å². The summed E-state index contributed by atoms with van der Waals surface area (Å²) in [6, 6.07) is 8.35. The fourth-order valence-electron chi connectivity index (χ4n) is 3.47. The third-order valence-corrected chi connectivity index (χ3v) is 15.6. The maximum Gasteiger partial charge on any atom is 0.209 e. The van der Waals surface area contributed by atoms with Crippen LogP contribution in [0.25, 0.3) is 11.0 Å². The fourth-order valence-corrected chi connectivity index (χ4v) is 9.80. The lowest BCUT2D eigenvalue weighted by atomic mass is 10.2. The molecular weight excluding hydrogens is 354 g/mol. The smallest absolute Gasteiger partial charge is 0.209 e. The summed E-state index contributed by atoms with van der Waals surface area (Å²) in [5.41, 5.74) is 4.63. The van der Waals surface area contributed by atoms with E-state index in [-0.39, 0.29) is 15.5 Å². The Kier molecular flexibility index (Phi) is 5.67. The van der Waals surface area contributed by atoms with Gasteiger partial charge in [0.25, 0.3) is 0 Å². The molecule has 0 fully saturated rings. The van der Waals surface area contributed by atoms with Gasteiger partial charge in [0.05, 0.1) is 35.3 Å². The average Bonchev–Trinajstić information content (AvgIpc) is 2.49.